The average molecular weight is 470 g/mol. The van der Waals surface area contributed by atoms with Crippen molar-refractivity contribution in [1.82, 2.24) is 14.3 Å². The number of halogens is 4. The zero-order valence-corrected chi connectivity index (χ0v) is 18.3. The Bertz CT molecular complexity index is 1180. The first-order valence-electron chi connectivity index (χ1n) is 9.47. The Morgan fingerprint density at radius 1 is 1.16 bits per heavy atom. The van der Waals surface area contributed by atoms with Gasteiger partial charge in [0.15, 0.2) is 5.43 Å². The van der Waals surface area contributed by atoms with E-state index in [1.807, 2.05) is 6.92 Å². The summed E-state index contributed by atoms with van der Waals surface area (Å²) in [7, 11) is 0. The molecule has 0 aliphatic heterocycles. The largest absolute Gasteiger partial charge is 0.462 e. The summed E-state index contributed by atoms with van der Waals surface area (Å²) in [6.07, 6.45) is -1.29. The first kappa shape index (κ1) is 23.0. The van der Waals surface area contributed by atoms with Gasteiger partial charge in [-0.1, -0.05) is 29.3 Å². The normalized spacial score (nSPS) is 11.2. The van der Waals surface area contributed by atoms with Crippen LogP contribution in [0.1, 0.15) is 42.0 Å². The molecule has 0 saturated carbocycles. The zero-order valence-electron chi connectivity index (χ0n) is 16.7. The van der Waals surface area contributed by atoms with Crippen LogP contribution in [-0.4, -0.2) is 26.9 Å². The second-order valence-corrected chi connectivity index (χ2v) is 7.37. The number of ether oxygens (including phenoxy) is 1. The van der Waals surface area contributed by atoms with E-state index in [0.717, 1.165) is 0 Å². The van der Waals surface area contributed by atoms with Crippen LogP contribution in [0, 0.1) is 0 Å². The molecule has 0 radical (unpaired) electrons. The molecule has 6 nitrogen and oxygen atoms in total. The summed E-state index contributed by atoms with van der Waals surface area (Å²) >= 11 is 12.2. The van der Waals surface area contributed by atoms with Gasteiger partial charge < -0.3 is 9.30 Å². The maximum absolute atomic E-state index is 13.0. The van der Waals surface area contributed by atoms with Crippen LogP contribution in [0.2, 0.25) is 10.0 Å². The Labute approximate surface area is 187 Å². The molecule has 0 spiro atoms. The average Bonchev–Trinajstić information content (AvgIpc) is 3.18. The van der Waals surface area contributed by atoms with Crippen molar-refractivity contribution in [2.75, 3.05) is 6.61 Å². The van der Waals surface area contributed by atoms with Gasteiger partial charge in [-0.2, -0.15) is 5.10 Å². The molecule has 0 amide bonds. The van der Waals surface area contributed by atoms with Crippen LogP contribution in [0.5, 0.6) is 0 Å². The number of hydrogen-bond acceptors (Lipinski definition) is 4. The van der Waals surface area contributed by atoms with Crippen molar-refractivity contribution in [2.24, 2.45) is 0 Å². The number of benzene rings is 1. The molecule has 0 N–H and O–H groups in total. The summed E-state index contributed by atoms with van der Waals surface area (Å²) in [5.41, 5.74) is 0.221. The topological polar surface area (TPSA) is 66.1 Å². The quantitative estimate of drug-likeness (QED) is 0.446. The lowest BCUT2D eigenvalue weighted by atomic mass is 10.0. The van der Waals surface area contributed by atoms with Crippen molar-refractivity contribution >= 4 is 29.2 Å². The number of esters is 1. The van der Waals surface area contributed by atoms with Crippen molar-refractivity contribution in [1.29, 1.82) is 0 Å². The summed E-state index contributed by atoms with van der Waals surface area (Å²) < 4.78 is 33.9. The highest BCUT2D eigenvalue weighted by Gasteiger charge is 2.24. The molecular weight excluding hydrogens is 451 g/mol. The van der Waals surface area contributed by atoms with E-state index in [1.54, 1.807) is 29.7 Å². The monoisotopic (exact) mass is 469 g/mol. The second-order valence-electron chi connectivity index (χ2n) is 6.56. The third-order valence-corrected chi connectivity index (χ3v) is 5.33. The number of rotatable bonds is 7. The first-order chi connectivity index (χ1) is 14.8. The van der Waals surface area contributed by atoms with E-state index in [2.05, 4.69) is 5.10 Å². The van der Waals surface area contributed by atoms with Crippen molar-refractivity contribution in [2.45, 2.75) is 33.4 Å². The molecule has 2 aromatic heterocycles. The number of aromatic nitrogens is 3. The molecule has 31 heavy (non-hydrogen) atoms. The minimum atomic E-state index is -2.70. The van der Waals surface area contributed by atoms with E-state index in [0.29, 0.717) is 28.5 Å². The van der Waals surface area contributed by atoms with Gasteiger partial charge in [0, 0.05) is 30.1 Å². The SMILES string of the molecule is CCOC(=O)c1c(-c2ccc(Cl)c(Cl)c2)n(CC)c(Cn2ccc(C(F)F)n2)cc1=O. The molecule has 3 rings (SSSR count). The van der Waals surface area contributed by atoms with Gasteiger partial charge in [-0.05, 0) is 32.0 Å². The number of pyridine rings is 1. The lowest BCUT2D eigenvalue weighted by Crippen LogP contribution is -2.25. The molecule has 0 aliphatic carbocycles. The lowest BCUT2D eigenvalue weighted by Gasteiger charge is -2.20. The van der Waals surface area contributed by atoms with Crippen LogP contribution >= 0.6 is 23.2 Å². The summed E-state index contributed by atoms with van der Waals surface area (Å²) in [6, 6.07) is 7.27. The third-order valence-electron chi connectivity index (χ3n) is 4.60. The standard InChI is InChI=1S/C21H19Cl2F2N3O3/c1-3-28-13(11-27-8-7-16(26-27)20(24)25)10-17(29)18(21(30)31-4-2)19(28)12-5-6-14(22)15(23)9-12/h5-10,20H,3-4,11H2,1-2H3. The van der Waals surface area contributed by atoms with Crippen LogP contribution in [0.3, 0.4) is 0 Å². The van der Waals surface area contributed by atoms with E-state index in [1.165, 1.54) is 23.0 Å². The maximum Gasteiger partial charge on any atom is 0.344 e. The fourth-order valence-corrected chi connectivity index (χ4v) is 3.58. The highest BCUT2D eigenvalue weighted by Crippen LogP contribution is 2.31. The molecular formula is C21H19Cl2F2N3O3. The van der Waals surface area contributed by atoms with Crippen LogP contribution < -0.4 is 5.43 Å². The van der Waals surface area contributed by atoms with Crippen molar-refractivity contribution < 1.29 is 18.3 Å². The van der Waals surface area contributed by atoms with E-state index in [-0.39, 0.29) is 29.4 Å². The van der Waals surface area contributed by atoms with Crippen molar-refractivity contribution in [3.63, 3.8) is 0 Å². The maximum atomic E-state index is 13.0. The second kappa shape index (κ2) is 9.62. The first-order valence-corrected chi connectivity index (χ1v) is 10.2. The third kappa shape index (κ3) is 4.80. The minimum Gasteiger partial charge on any atom is -0.462 e. The van der Waals surface area contributed by atoms with Crippen LogP contribution in [0.15, 0.2) is 41.3 Å². The number of carbonyl (C=O) groups is 1. The number of alkyl halides is 2. The fraction of sp³-hybridized carbons (Fsp3) is 0.286. The smallest absolute Gasteiger partial charge is 0.344 e. The molecule has 10 heteroatoms. The van der Waals surface area contributed by atoms with Gasteiger partial charge in [0.05, 0.1) is 28.9 Å². The molecule has 1 aromatic carbocycles. The Kier molecular flexibility index (Phi) is 7.12. The summed E-state index contributed by atoms with van der Waals surface area (Å²) in [5, 5.41) is 4.42. The molecule has 0 aliphatic rings. The molecule has 0 atom stereocenters. The van der Waals surface area contributed by atoms with E-state index in [4.69, 9.17) is 27.9 Å². The van der Waals surface area contributed by atoms with Gasteiger partial charge in [0.2, 0.25) is 0 Å². The Hall–Kier alpha value is -2.71. The van der Waals surface area contributed by atoms with Crippen LogP contribution in [0.4, 0.5) is 8.78 Å². The molecule has 2 heterocycles. The molecule has 164 valence electrons. The minimum absolute atomic E-state index is 0.0488. The van der Waals surface area contributed by atoms with E-state index < -0.39 is 17.8 Å². The van der Waals surface area contributed by atoms with Gasteiger partial charge in [-0.25, -0.2) is 13.6 Å². The van der Waals surface area contributed by atoms with Gasteiger partial charge in [0.25, 0.3) is 6.43 Å². The van der Waals surface area contributed by atoms with Crippen molar-refractivity contribution in [3.8, 4) is 11.3 Å². The predicted molar refractivity (Wildman–Crippen MR) is 114 cm³/mol. The van der Waals surface area contributed by atoms with Crippen molar-refractivity contribution in [3.05, 3.63) is 73.7 Å². The molecule has 0 fully saturated rings. The predicted octanol–water partition coefficient (Wildman–Crippen LogP) is 5.20. The molecule has 0 unspecified atom stereocenters. The van der Waals surface area contributed by atoms with Gasteiger partial charge in [0.1, 0.15) is 11.3 Å². The number of hydrogen-bond donors (Lipinski definition) is 0. The van der Waals surface area contributed by atoms with Gasteiger partial charge >= 0.3 is 5.97 Å². The number of nitrogens with zero attached hydrogens (tertiary/aromatic N) is 3. The summed E-state index contributed by atoms with van der Waals surface area (Å²) in [4.78, 5) is 25.6. The molecule has 3 aromatic rings. The lowest BCUT2D eigenvalue weighted by molar-refractivity contribution is 0.0525. The Morgan fingerprint density at radius 3 is 2.48 bits per heavy atom. The number of carbonyl (C=O) groups excluding carboxylic acids is 1. The Balaban J connectivity index is 2.23. The van der Waals surface area contributed by atoms with Crippen LogP contribution in [-0.2, 0) is 17.8 Å². The highest BCUT2D eigenvalue weighted by atomic mass is 35.5. The summed E-state index contributed by atoms with van der Waals surface area (Å²) in [5.74, 6) is -0.763. The van der Waals surface area contributed by atoms with Gasteiger partial charge in [-0.15, -0.1) is 0 Å². The van der Waals surface area contributed by atoms with E-state index >= 15 is 0 Å². The zero-order chi connectivity index (χ0) is 22.7. The van der Waals surface area contributed by atoms with E-state index in [9.17, 15) is 18.4 Å². The van der Waals surface area contributed by atoms with Gasteiger partial charge in [-0.3, -0.25) is 9.48 Å². The van der Waals surface area contributed by atoms with Crippen LogP contribution in [0.25, 0.3) is 11.3 Å². The Morgan fingerprint density at radius 2 is 1.90 bits per heavy atom. The summed E-state index contributed by atoms with van der Waals surface area (Å²) in [6.45, 7) is 3.99. The molecule has 0 saturated heterocycles. The highest BCUT2D eigenvalue weighted by molar-refractivity contribution is 6.42. The fourth-order valence-electron chi connectivity index (χ4n) is 3.28. The molecule has 0 bridgehead atoms.